The Morgan fingerprint density at radius 1 is 1.41 bits per heavy atom. The predicted octanol–water partition coefficient (Wildman–Crippen LogP) is 1.48. The standard InChI is InChI=1S/C14H21NO2/c1-15(7-8-16)13-5-3-12-10-14(17-2)6-4-11(12)9-13/h4,6,10,13,16H,3,5,7-9H2,1-2H3/t13-/m1/s1. The lowest BCUT2D eigenvalue weighted by Gasteiger charge is -2.32. The predicted molar refractivity (Wildman–Crippen MR) is 68.5 cm³/mol. The van der Waals surface area contributed by atoms with Crippen LogP contribution in [0.4, 0.5) is 0 Å². The molecule has 0 amide bonds. The first kappa shape index (κ1) is 12.4. The molecule has 0 radical (unpaired) electrons. The molecule has 2 rings (SSSR count). The number of aryl methyl sites for hydroxylation is 1. The third kappa shape index (κ3) is 2.79. The van der Waals surface area contributed by atoms with Crippen LogP contribution in [0.5, 0.6) is 5.75 Å². The first-order valence-electron chi connectivity index (χ1n) is 6.21. The number of rotatable bonds is 4. The number of ether oxygens (including phenoxy) is 1. The molecule has 0 bridgehead atoms. The Morgan fingerprint density at radius 3 is 2.94 bits per heavy atom. The summed E-state index contributed by atoms with van der Waals surface area (Å²) < 4.78 is 5.25. The number of hydrogen-bond acceptors (Lipinski definition) is 3. The molecule has 0 unspecified atom stereocenters. The van der Waals surface area contributed by atoms with Gasteiger partial charge < -0.3 is 14.7 Å². The molecule has 0 fully saturated rings. The van der Waals surface area contributed by atoms with E-state index in [0.717, 1.165) is 31.6 Å². The van der Waals surface area contributed by atoms with E-state index in [-0.39, 0.29) is 6.61 Å². The molecule has 0 aliphatic heterocycles. The number of benzene rings is 1. The third-order valence-corrected chi connectivity index (χ3v) is 3.69. The summed E-state index contributed by atoms with van der Waals surface area (Å²) in [6.45, 7) is 0.999. The number of aliphatic hydroxyl groups excluding tert-OH is 1. The maximum atomic E-state index is 8.97. The van der Waals surface area contributed by atoms with Gasteiger partial charge in [0.2, 0.25) is 0 Å². The molecular weight excluding hydrogens is 214 g/mol. The highest BCUT2D eigenvalue weighted by Gasteiger charge is 2.21. The quantitative estimate of drug-likeness (QED) is 0.858. The van der Waals surface area contributed by atoms with E-state index in [9.17, 15) is 0 Å². The van der Waals surface area contributed by atoms with Gasteiger partial charge in [0, 0.05) is 12.6 Å². The Bertz CT molecular complexity index is 378. The number of fused-ring (bicyclic) bond motifs is 1. The number of aliphatic hydroxyl groups is 1. The van der Waals surface area contributed by atoms with E-state index in [1.807, 2.05) is 6.07 Å². The zero-order chi connectivity index (χ0) is 12.3. The van der Waals surface area contributed by atoms with Crippen LogP contribution < -0.4 is 4.74 Å². The number of likely N-dealkylation sites (N-methyl/N-ethyl adjacent to an activating group) is 1. The van der Waals surface area contributed by atoms with E-state index in [2.05, 4.69) is 24.1 Å². The van der Waals surface area contributed by atoms with Crippen LogP contribution >= 0.6 is 0 Å². The van der Waals surface area contributed by atoms with Crippen molar-refractivity contribution in [3.63, 3.8) is 0 Å². The van der Waals surface area contributed by atoms with E-state index in [4.69, 9.17) is 9.84 Å². The SMILES string of the molecule is COc1ccc2c(c1)CC[C@@H](N(C)CCO)C2. The van der Waals surface area contributed by atoms with E-state index in [1.165, 1.54) is 11.1 Å². The zero-order valence-electron chi connectivity index (χ0n) is 10.6. The summed E-state index contributed by atoms with van der Waals surface area (Å²) in [5.74, 6) is 0.950. The molecule has 17 heavy (non-hydrogen) atoms. The second-order valence-electron chi connectivity index (χ2n) is 4.74. The van der Waals surface area contributed by atoms with Gasteiger partial charge in [0.15, 0.2) is 0 Å². The van der Waals surface area contributed by atoms with Gasteiger partial charge in [-0.25, -0.2) is 0 Å². The first-order chi connectivity index (χ1) is 8.24. The van der Waals surface area contributed by atoms with Crippen LogP contribution in [0, 0.1) is 0 Å². The first-order valence-corrected chi connectivity index (χ1v) is 6.21. The van der Waals surface area contributed by atoms with Crippen molar-refractivity contribution in [3.8, 4) is 5.75 Å². The highest BCUT2D eigenvalue weighted by molar-refractivity contribution is 5.37. The van der Waals surface area contributed by atoms with Crippen molar-refractivity contribution in [2.75, 3.05) is 27.3 Å². The molecule has 0 spiro atoms. The maximum Gasteiger partial charge on any atom is 0.119 e. The van der Waals surface area contributed by atoms with Gasteiger partial charge in [-0.3, -0.25) is 0 Å². The monoisotopic (exact) mass is 235 g/mol. The normalized spacial score (nSPS) is 19.2. The molecule has 0 saturated heterocycles. The highest BCUT2D eigenvalue weighted by Crippen LogP contribution is 2.27. The second-order valence-corrected chi connectivity index (χ2v) is 4.74. The van der Waals surface area contributed by atoms with Crippen LogP contribution in [0.1, 0.15) is 17.5 Å². The molecule has 0 aromatic heterocycles. The number of hydrogen-bond donors (Lipinski definition) is 1. The fraction of sp³-hybridized carbons (Fsp3) is 0.571. The maximum absolute atomic E-state index is 8.97. The Hall–Kier alpha value is -1.06. The van der Waals surface area contributed by atoms with E-state index < -0.39 is 0 Å². The van der Waals surface area contributed by atoms with Crippen LogP contribution in [0.15, 0.2) is 18.2 Å². The van der Waals surface area contributed by atoms with Crippen molar-refractivity contribution in [3.05, 3.63) is 29.3 Å². The lowest BCUT2D eigenvalue weighted by molar-refractivity contribution is 0.169. The molecule has 3 nitrogen and oxygen atoms in total. The summed E-state index contributed by atoms with van der Waals surface area (Å²) in [4.78, 5) is 2.26. The lowest BCUT2D eigenvalue weighted by Crippen LogP contribution is -2.38. The van der Waals surface area contributed by atoms with E-state index >= 15 is 0 Å². The lowest BCUT2D eigenvalue weighted by atomic mass is 9.87. The van der Waals surface area contributed by atoms with Gasteiger partial charge >= 0.3 is 0 Å². The van der Waals surface area contributed by atoms with Gasteiger partial charge in [-0.1, -0.05) is 6.07 Å². The Labute approximate surface area is 103 Å². The van der Waals surface area contributed by atoms with Gasteiger partial charge in [0.1, 0.15) is 5.75 Å². The largest absolute Gasteiger partial charge is 0.497 e. The van der Waals surface area contributed by atoms with Gasteiger partial charge in [-0.05, 0) is 49.6 Å². The molecule has 94 valence electrons. The van der Waals surface area contributed by atoms with Crippen LogP contribution in [-0.2, 0) is 12.8 Å². The van der Waals surface area contributed by atoms with Gasteiger partial charge in [-0.15, -0.1) is 0 Å². The molecule has 1 aromatic carbocycles. The van der Waals surface area contributed by atoms with Crippen LogP contribution in [0.25, 0.3) is 0 Å². The molecule has 1 aliphatic carbocycles. The third-order valence-electron chi connectivity index (χ3n) is 3.69. The Kier molecular flexibility index (Phi) is 4.02. The van der Waals surface area contributed by atoms with Crippen LogP contribution in [0.3, 0.4) is 0 Å². The van der Waals surface area contributed by atoms with E-state index in [0.29, 0.717) is 6.04 Å². The molecule has 1 aliphatic rings. The van der Waals surface area contributed by atoms with Crippen molar-refractivity contribution in [1.82, 2.24) is 4.90 Å². The summed E-state index contributed by atoms with van der Waals surface area (Å²) >= 11 is 0. The molecule has 0 saturated carbocycles. The number of nitrogens with zero attached hydrogens (tertiary/aromatic N) is 1. The van der Waals surface area contributed by atoms with Crippen molar-refractivity contribution in [1.29, 1.82) is 0 Å². The topological polar surface area (TPSA) is 32.7 Å². The highest BCUT2D eigenvalue weighted by atomic mass is 16.5. The Balaban J connectivity index is 2.08. The van der Waals surface area contributed by atoms with Crippen LogP contribution in [-0.4, -0.2) is 43.4 Å². The summed E-state index contributed by atoms with van der Waals surface area (Å²) in [6.07, 6.45) is 3.35. The smallest absolute Gasteiger partial charge is 0.119 e. The fourth-order valence-electron chi connectivity index (χ4n) is 2.56. The zero-order valence-corrected chi connectivity index (χ0v) is 10.6. The molecular formula is C14H21NO2. The molecule has 1 atom stereocenters. The average Bonchev–Trinajstić information content (AvgIpc) is 2.37. The van der Waals surface area contributed by atoms with Crippen molar-refractivity contribution < 1.29 is 9.84 Å². The molecule has 0 heterocycles. The summed E-state index contributed by atoms with van der Waals surface area (Å²) in [6, 6.07) is 6.92. The van der Waals surface area contributed by atoms with Gasteiger partial charge in [0.05, 0.1) is 13.7 Å². The van der Waals surface area contributed by atoms with Gasteiger partial charge in [0.25, 0.3) is 0 Å². The minimum absolute atomic E-state index is 0.239. The molecule has 1 N–H and O–H groups in total. The van der Waals surface area contributed by atoms with Crippen molar-refractivity contribution in [2.24, 2.45) is 0 Å². The van der Waals surface area contributed by atoms with Gasteiger partial charge in [-0.2, -0.15) is 0 Å². The molecule has 1 aromatic rings. The summed E-state index contributed by atoms with van der Waals surface area (Å²) in [5.41, 5.74) is 2.84. The number of methoxy groups -OCH3 is 1. The fourth-order valence-corrected chi connectivity index (χ4v) is 2.56. The van der Waals surface area contributed by atoms with E-state index in [1.54, 1.807) is 7.11 Å². The average molecular weight is 235 g/mol. The summed E-state index contributed by atoms with van der Waals surface area (Å²) in [7, 11) is 3.80. The Morgan fingerprint density at radius 2 is 2.24 bits per heavy atom. The van der Waals surface area contributed by atoms with Crippen LogP contribution in [0.2, 0.25) is 0 Å². The van der Waals surface area contributed by atoms with Crippen molar-refractivity contribution >= 4 is 0 Å². The minimum atomic E-state index is 0.239. The minimum Gasteiger partial charge on any atom is -0.497 e. The summed E-state index contributed by atoms with van der Waals surface area (Å²) in [5, 5.41) is 8.97. The second kappa shape index (κ2) is 5.52. The van der Waals surface area contributed by atoms with Crippen molar-refractivity contribution in [2.45, 2.75) is 25.3 Å². The molecule has 3 heteroatoms.